The molecule has 94 valence electrons. The van der Waals surface area contributed by atoms with Crippen molar-refractivity contribution in [3.63, 3.8) is 0 Å². The summed E-state index contributed by atoms with van der Waals surface area (Å²) >= 11 is 0. The van der Waals surface area contributed by atoms with Crippen LogP contribution in [0, 0.1) is 11.8 Å². The fourth-order valence-corrected chi connectivity index (χ4v) is 2.44. The first-order valence-corrected chi connectivity index (χ1v) is 5.93. The van der Waals surface area contributed by atoms with E-state index in [2.05, 4.69) is 0 Å². The normalized spacial score (nSPS) is 22.8. The van der Waals surface area contributed by atoms with Crippen molar-refractivity contribution in [3.05, 3.63) is 30.3 Å². The Morgan fingerprint density at radius 2 is 1.78 bits per heavy atom. The van der Waals surface area contributed by atoms with Crippen molar-refractivity contribution in [2.45, 2.75) is 6.92 Å². The standard InChI is InChI=1S/C14H15NO3/c1-10(17)12-7-15(8-13(12)14(18)9-16)11-5-3-2-4-6-11/h2-6,9,12-13H,7-8H2,1H3. The van der Waals surface area contributed by atoms with E-state index in [1.165, 1.54) is 6.92 Å². The van der Waals surface area contributed by atoms with E-state index in [1.807, 2.05) is 35.2 Å². The number of aldehydes is 1. The molecule has 0 saturated carbocycles. The fraction of sp³-hybridized carbons (Fsp3) is 0.357. The number of nitrogens with zero attached hydrogens (tertiary/aromatic N) is 1. The summed E-state index contributed by atoms with van der Waals surface area (Å²) in [7, 11) is 0. The maximum atomic E-state index is 11.6. The number of para-hydroxylation sites is 1. The maximum Gasteiger partial charge on any atom is 0.200 e. The first-order valence-electron chi connectivity index (χ1n) is 5.93. The number of hydrogen-bond acceptors (Lipinski definition) is 4. The van der Waals surface area contributed by atoms with Crippen molar-refractivity contribution in [2.75, 3.05) is 18.0 Å². The van der Waals surface area contributed by atoms with E-state index in [0.29, 0.717) is 19.4 Å². The molecule has 2 atom stereocenters. The van der Waals surface area contributed by atoms with Gasteiger partial charge in [0.1, 0.15) is 5.78 Å². The first-order chi connectivity index (χ1) is 8.63. The number of benzene rings is 1. The topological polar surface area (TPSA) is 54.5 Å². The summed E-state index contributed by atoms with van der Waals surface area (Å²) in [6, 6.07) is 9.60. The van der Waals surface area contributed by atoms with Gasteiger partial charge in [-0.1, -0.05) is 18.2 Å². The van der Waals surface area contributed by atoms with Gasteiger partial charge in [-0.3, -0.25) is 14.4 Å². The molecular weight excluding hydrogens is 230 g/mol. The Morgan fingerprint density at radius 3 is 2.33 bits per heavy atom. The van der Waals surface area contributed by atoms with Gasteiger partial charge in [0.2, 0.25) is 5.78 Å². The van der Waals surface area contributed by atoms with Crippen LogP contribution in [-0.2, 0) is 14.4 Å². The Labute approximate surface area is 106 Å². The van der Waals surface area contributed by atoms with Crippen LogP contribution in [0.4, 0.5) is 5.69 Å². The van der Waals surface area contributed by atoms with Crippen molar-refractivity contribution in [3.8, 4) is 0 Å². The molecule has 2 rings (SSSR count). The predicted octanol–water partition coefficient (Wildman–Crippen LogP) is 1.10. The largest absolute Gasteiger partial charge is 0.370 e. The molecule has 0 radical (unpaired) electrons. The Bertz CT molecular complexity index is 469. The lowest BCUT2D eigenvalue weighted by molar-refractivity contribution is -0.135. The van der Waals surface area contributed by atoms with Crippen LogP contribution in [0.1, 0.15) is 6.92 Å². The van der Waals surface area contributed by atoms with Gasteiger partial charge < -0.3 is 4.90 Å². The average molecular weight is 245 g/mol. The highest BCUT2D eigenvalue weighted by Gasteiger charge is 2.39. The molecule has 1 fully saturated rings. The number of ketones is 2. The van der Waals surface area contributed by atoms with E-state index in [-0.39, 0.29) is 11.7 Å². The predicted molar refractivity (Wildman–Crippen MR) is 67.4 cm³/mol. The summed E-state index contributed by atoms with van der Waals surface area (Å²) < 4.78 is 0. The quantitative estimate of drug-likeness (QED) is 0.588. The van der Waals surface area contributed by atoms with Gasteiger partial charge in [-0.2, -0.15) is 0 Å². The van der Waals surface area contributed by atoms with Crippen LogP contribution < -0.4 is 4.90 Å². The molecule has 0 spiro atoms. The minimum atomic E-state index is -0.500. The first kappa shape index (κ1) is 12.5. The Kier molecular flexibility index (Phi) is 3.55. The molecule has 0 bridgehead atoms. The van der Waals surface area contributed by atoms with Crippen LogP contribution in [0.3, 0.4) is 0 Å². The second-order valence-corrected chi connectivity index (χ2v) is 4.58. The van der Waals surface area contributed by atoms with Gasteiger partial charge in [0.25, 0.3) is 0 Å². The van der Waals surface area contributed by atoms with Crippen LogP contribution in [-0.4, -0.2) is 30.9 Å². The zero-order chi connectivity index (χ0) is 13.1. The number of carbonyl (C=O) groups excluding carboxylic acids is 3. The highest BCUT2D eigenvalue weighted by atomic mass is 16.2. The van der Waals surface area contributed by atoms with Crippen LogP contribution in [0.2, 0.25) is 0 Å². The van der Waals surface area contributed by atoms with E-state index < -0.39 is 11.7 Å². The summed E-state index contributed by atoms with van der Waals surface area (Å²) in [6.07, 6.45) is 0.328. The zero-order valence-electron chi connectivity index (χ0n) is 10.2. The molecular formula is C14H15NO3. The lowest BCUT2D eigenvalue weighted by Crippen LogP contribution is -2.27. The molecule has 4 nitrogen and oxygen atoms in total. The summed E-state index contributed by atoms with van der Waals surface area (Å²) in [5, 5.41) is 0. The summed E-state index contributed by atoms with van der Waals surface area (Å²) in [4.78, 5) is 35.7. The van der Waals surface area contributed by atoms with E-state index in [0.717, 1.165) is 5.69 Å². The number of hydrogen-bond donors (Lipinski definition) is 0. The molecule has 4 heteroatoms. The summed E-state index contributed by atoms with van der Waals surface area (Å²) in [6.45, 7) is 2.42. The molecule has 1 aromatic carbocycles. The highest BCUT2D eigenvalue weighted by Crippen LogP contribution is 2.29. The van der Waals surface area contributed by atoms with Gasteiger partial charge in [-0.05, 0) is 19.1 Å². The van der Waals surface area contributed by atoms with Crippen molar-refractivity contribution in [1.82, 2.24) is 0 Å². The molecule has 1 aliphatic heterocycles. The van der Waals surface area contributed by atoms with E-state index in [4.69, 9.17) is 0 Å². The summed E-state index contributed by atoms with van der Waals surface area (Å²) in [5.74, 6) is -1.38. The SMILES string of the molecule is CC(=O)C1CN(c2ccccc2)CC1C(=O)C=O. The molecule has 0 aromatic heterocycles. The summed E-state index contributed by atoms with van der Waals surface area (Å²) in [5.41, 5.74) is 0.977. The van der Waals surface area contributed by atoms with Gasteiger partial charge in [-0.25, -0.2) is 0 Å². The average Bonchev–Trinajstić information content (AvgIpc) is 2.84. The highest BCUT2D eigenvalue weighted by molar-refractivity contribution is 6.27. The molecule has 1 aliphatic rings. The molecule has 0 aliphatic carbocycles. The van der Waals surface area contributed by atoms with Gasteiger partial charge in [0.15, 0.2) is 6.29 Å². The van der Waals surface area contributed by atoms with Crippen LogP contribution >= 0.6 is 0 Å². The zero-order valence-corrected chi connectivity index (χ0v) is 10.2. The van der Waals surface area contributed by atoms with Crippen molar-refractivity contribution >= 4 is 23.5 Å². The smallest absolute Gasteiger partial charge is 0.200 e. The van der Waals surface area contributed by atoms with Crippen molar-refractivity contribution in [2.24, 2.45) is 11.8 Å². The molecule has 2 unspecified atom stereocenters. The molecule has 0 N–H and O–H groups in total. The number of carbonyl (C=O) groups is 3. The second kappa shape index (κ2) is 5.12. The van der Waals surface area contributed by atoms with E-state index in [9.17, 15) is 14.4 Å². The van der Waals surface area contributed by atoms with Crippen molar-refractivity contribution < 1.29 is 14.4 Å². The molecule has 18 heavy (non-hydrogen) atoms. The van der Waals surface area contributed by atoms with Crippen LogP contribution in [0.5, 0.6) is 0 Å². The maximum absolute atomic E-state index is 11.6. The molecule has 1 saturated heterocycles. The van der Waals surface area contributed by atoms with Gasteiger partial charge >= 0.3 is 0 Å². The number of Topliss-reactive ketones (excluding diaryl/α,β-unsaturated/α-hetero) is 2. The minimum absolute atomic E-state index is 0.0337. The lowest BCUT2D eigenvalue weighted by atomic mass is 9.90. The van der Waals surface area contributed by atoms with Crippen molar-refractivity contribution in [1.29, 1.82) is 0 Å². The minimum Gasteiger partial charge on any atom is -0.370 e. The Balaban J connectivity index is 2.22. The molecule has 1 heterocycles. The fourth-order valence-electron chi connectivity index (χ4n) is 2.44. The number of anilines is 1. The Hall–Kier alpha value is -1.97. The third kappa shape index (κ3) is 2.32. The lowest BCUT2D eigenvalue weighted by Gasteiger charge is -2.17. The van der Waals surface area contributed by atoms with Crippen LogP contribution in [0.15, 0.2) is 30.3 Å². The Morgan fingerprint density at radius 1 is 1.17 bits per heavy atom. The molecule has 1 aromatic rings. The third-order valence-corrected chi connectivity index (χ3v) is 3.44. The van der Waals surface area contributed by atoms with Gasteiger partial charge in [-0.15, -0.1) is 0 Å². The van der Waals surface area contributed by atoms with Gasteiger partial charge in [0.05, 0.1) is 5.92 Å². The van der Waals surface area contributed by atoms with Gasteiger partial charge in [0, 0.05) is 24.7 Å². The van der Waals surface area contributed by atoms with E-state index >= 15 is 0 Å². The second-order valence-electron chi connectivity index (χ2n) is 4.58. The van der Waals surface area contributed by atoms with Crippen LogP contribution in [0.25, 0.3) is 0 Å². The molecule has 0 amide bonds. The number of rotatable bonds is 4. The third-order valence-electron chi connectivity index (χ3n) is 3.44. The van der Waals surface area contributed by atoms with E-state index in [1.54, 1.807) is 0 Å². The monoisotopic (exact) mass is 245 g/mol.